The summed E-state index contributed by atoms with van der Waals surface area (Å²) in [4.78, 5) is 0. The fourth-order valence-electron chi connectivity index (χ4n) is 1.07. The third-order valence-corrected chi connectivity index (χ3v) is 2.09. The highest BCUT2D eigenvalue weighted by Gasteiger charge is 2.01. The van der Waals surface area contributed by atoms with Crippen molar-refractivity contribution in [2.24, 2.45) is 0 Å². The highest BCUT2D eigenvalue weighted by atomic mass is 35.5. The van der Waals surface area contributed by atoms with E-state index in [1.165, 1.54) is 0 Å². The van der Waals surface area contributed by atoms with Gasteiger partial charge in [-0.2, -0.15) is 0 Å². The first kappa shape index (κ1) is 10.9. The van der Waals surface area contributed by atoms with Crippen LogP contribution in [-0.4, -0.2) is 6.61 Å². The van der Waals surface area contributed by atoms with Gasteiger partial charge in [0.2, 0.25) is 0 Å². The number of rotatable bonds is 4. The molecule has 0 bridgehead atoms. The molecule has 0 spiro atoms. The molecular weight excluding hydrogens is 196 g/mol. The fourth-order valence-corrected chi connectivity index (χ4v) is 1.24. The van der Waals surface area contributed by atoms with Crippen molar-refractivity contribution in [2.75, 3.05) is 6.61 Å². The third kappa shape index (κ3) is 2.97. The number of terminal acetylenes is 1. The van der Waals surface area contributed by atoms with Gasteiger partial charge in [0.1, 0.15) is 5.75 Å². The quantitative estimate of drug-likeness (QED) is 0.544. The molecule has 0 N–H and O–H groups in total. The number of hydrogen-bond donors (Lipinski definition) is 0. The molecule has 0 saturated carbocycles. The molecule has 0 fully saturated rings. The number of halogens is 1. The lowest BCUT2D eigenvalue weighted by molar-refractivity contribution is 0.308. The van der Waals surface area contributed by atoms with E-state index in [1.807, 2.05) is 6.07 Å². The first-order valence-electron chi connectivity index (χ1n) is 4.67. The van der Waals surface area contributed by atoms with Crippen molar-refractivity contribution in [3.8, 4) is 18.1 Å². The molecule has 1 rings (SSSR count). The summed E-state index contributed by atoms with van der Waals surface area (Å²) in [5.74, 6) is 3.29. The van der Waals surface area contributed by atoms with Gasteiger partial charge in [-0.25, -0.2) is 0 Å². The zero-order chi connectivity index (χ0) is 10.4. The second-order valence-corrected chi connectivity index (χ2v) is 3.42. The van der Waals surface area contributed by atoms with Crippen molar-refractivity contribution < 1.29 is 4.74 Å². The molecule has 74 valence electrons. The Morgan fingerprint density at radius 3 is 2.93 bits per heavy atom. The monoisotopic (exact) mass is 208 g/mol. The van der Waals surface area contributed by atoms with Gasteiger partial charge in [-0.3, -0.25) is 0 Å². The Hall–Kier alpha value is -1.13. The molecule has 1 aromatic carbocycles. The summed E-state index contributed by atoms with van der Waals surface area (Å²) < 4.78 is 5.52. The molecule has 14 heavy (non-hydrogen) atoms. The van der Waals surface area contributed by atoms with Crippen LogP contribution in [0.3, 0.4) is 0 Å². The summed E-state index contributed by atoms with van der Waals surface area (Å²) in [6, 6.07) is 5.33. The van der Waals surface area contributed by atoms with Crippen LogP contribution in [-0.2, 0) is 0 Å². The van der Waals surface area contributed by atoms with E-state index < -0.39 is 0 Å². The molecule has 0 amide bonds. The Labute approximate surface area is 90.0 Å². The molecule has 0 saturated heterocycles. The molecule has 0 aliphatic carbocycles. The highest BCUT2D eigenvalue weighted by molar-refractivity contribution is 6.30. The summed E-state index contributed by atoms with van der Waals surface area (Å²) in [6.07, 6.45) is 7.48. The SMILES string of the molecule is C#Cc1cc(Cl)ccc1OCCCC. The maximum atomic E-state index is 5.81. The van der Waals surface area contributed by atoms with Crippen molar-refractivity contribution in [1.29, 1.82) is 0 Å². The number of unbranched alkanes of at least 4 members (excludes halogenated alkanes) is 1. The molecule has 2 heteroatoms. The Bertz CT molecular complexity index is 339. The largest absolute Gasteiger partial charge is 0.492 e. The lowest BCUT2D eigenvalue weighted by Gasteiger charge is -2.07. The molecule has 0 heterocycles. The van der Waals surface area contributed by atoms with Gasteiger partial charge < -0.3 is 4.74 Å². The lowest BCUT2D eigenvalue weighted by atomic mass is 10.2. The summed E-state index contributed by atoms with van der Waals surface area (Å²) in [6.45, 7) is 2.82. The van der Waals surface area contributed by atoms with E-state index in [4.69, 9.17) is 22.8 Å². The van der Waals surface area contributed by atoms with Gasteiger partial charge in [0.15, 0.2) is 0 Å². The summed E-state index contributed by atoms with van der Waals surface area (Å²) in [5, 5.41) is 0.640. The van der Waals surface area contributed by atoms with Crippen LogP contribution in [0.4, 0.5) is 0 Å². The Kier molecular flexibility index (Phi) is 4.35. The molecule has 0 aliphatic heterocycles. The van der Waals surface area contributed by atoms with Crippen LogP contribution in [0.15, 0.2) is 18.2 Å². The van der Waals surface area contributed by atoms with Crippen molar-refractivity contribution in [3.05, 3.63) is 28.8 Å². The third-order valence-electron chi connectivity index (χ3n) is 1.85. The van der Waals surface area contributed by atoms with E-state index in [1.54, 1.807) is 12.1 Å². The molecule has 1 nitrogen and oxygen atoms in total. The Morgan fingerprint density at radius 2 is 2.29 bits per heavy atom. The lowest BCUT2D eigenvalue weighted by Crippen LogP contribution is -1.98. The van der Waals surface area contributed by atoms with Crippen LogP contribution < -0.4 is 4.74 Å². The molecule has 0 aromatic heterocycles. The summed E-state index contributed by atoms with van der Waals surface area (Å²) in [7, 11) is 0. The molecular formula is C12H13ClO. The second kappa shape index (κ2) is 5.57. The van der Waals surface area contributed by atoms with E-state index >= 15 is 0 Å². The smallest absolute Gasteiger partial charge is 0.134 e. The standard InChI is InChI=1S/C12H13ClO/c1-3-5-8-14-12-7-6-11(13)9-10(12)4-2/h2,6-7,9H,3,5,8H2,1H3. The van der Waals surface area contributed by atoms with Crippen LogP contribution in [0, 0.1) is 12.3 Å². The van der Waals surface area contributed by atoms with Crippen molar-refractivity contribution >= 4 is 11.6 Å². The maximum Gasteiger partial charge on any atom is 0.134 e. The van der Waals surface area contributed by atoms with Crippen molar-refractivity contribution in [3.63, 3.8) is 0 Å². The van der Waals surface area contributed by atoms with Gasteiger partial charge in [-0.1, -0.05) is 30.9 Å². The predicted molar refractivity (Wildman–Crippen MR) is 59.8 cm³/mol. The zero-order valence-electron chi connectivity index (χ0n) is 8.22. The number of hydrogen-bond acceptors (Lipinski definition) is 1. The normalized spacial score (nSPS) is 9.50. The number of benzene rings is 1. The van der Waals surface area contributed by atoms with E-state index in [0.717, 1.165) is 18.6 Å². The second-order valence-electron chi connectivity index (χ2n) is 2.99. The summed E-state index contributed by atoms with van der Waals surface area (Å²) >= 11 is 5.81. The molecule has 0 atom stereocenters. The number of ether oxygens (including phenoxy) is 1. The Balaban J connectivity index is 2.72. The van der Waals surface area contributed by atoms with Crippen LogP contribution in [0.1, 0.15) is 25.3 Å². The molecule has 0 unspecified atom stereocenters. The Morgan fingerprint density at radius 1 is 1.50 bits per heavy atom. The molecule has 0 radical (unpaired) electrons. The predicted octanol–water partition coefficient (Wildman–Crippen LogP) is 3.50. The average molecular weight is 209 g/mol. The van der Waals surface area contributed by atoms with Crippen LogP contribution in [0.25, 0.3) is 0 Å². The topological polar surface area (TPSA) is 9.23 Å². The van der Waals surface area contributed by atoms with Gasteiger partial charge in [0.25, 0.3) is 0 Å². The van der Waals surface area contributed by atoms with Crippen molar-refractivity contribution in [2.45, 2.75) is 19.8 Å². The first-order chi connectivity index (χ1) is 6.77. The minimum Gasteiger partial charge on any atom is -0.492 e. The molecule has 0 aliphatic rings. The van der Waals surface area contributed by atoms with E-state index in [2.05, 4.69) is 12.8 Å². The van der Waals surface area contributed by atoms with Crippen LogP contribution >= 0.6 is 11.6 Å². The fraction of sp³-hybridized carbons (Fsp3) is 0.333. The van der Waals surface area contributed by atoms with E-state index in [0.29, 0.717) is 17.2 Å². The average Bonchev–Trinajstić information content (AvgIpc) is 2.20. The van der Waals surface area contributed by atoms with Crippen LogP contribution in [0.5, 0.6) is 5.75 Å². The van der Waals surface area contributed by atoms with Gasteiger partial charge in [0, 0.05) is 5.02 Å². The van der Waals surface area contributed by atoms with Gasteiger partial charge in [0.05, 0.1) is 12.2 Å². The van der Waals surface area contributed by atoms with Crippen molar-refractivity contribution in [1.82, 2.24) is 0 Å². The van der Waals surface area contributed by atoms with Crippen LogP contribution in [0.2, 0.25) is 5.02 Å². The molecule has 1 aromatic rings. The maximum absolute atomic E-state index is 5.81. The van der Waals surface area contributed by atoms with Gasteiger partial charge in [-0.15, -0.1) is 6.42 Å². The summed E-state index contributed by atoms with van der Waals surface area (Å²) in [5.41, 5.74) is 0.716. The minimum absolute atomic E-state index is 0.640. The zero-order valence-corrected chi connectivity index (χ0v) is 8.97. The highest BCUT2D eigenvalue weighted by Crippen LogP contribution is 2.22. The van der Waals surface area contributed by atoms with Gasteiger partial charge >= 0.3 is 0 Å². The van der Waals surface area contributed by atoms with Gasteiger partial charge in [-0.05, 0) is 24.6 Å². The van der Waals surface area contributed by atoms with E-state index in [9.17, 15) is 0 Å². The van der Waals surface area contributed by atoms with E-state index in [-0.39, 0.29) is 0 Å². The first-order valence-corrected chi connectivity index (χ1v) is 5.04. The minimum atomic E-state index is 0.640.